The number of hydrogen-bond acceptors (Lipinski definition) is 2. The number of fused-ring (bicyclic) bond motifs is 8. The van der Waals surface area contributed by atoms with Crippen LogP contribution in [0.4, 0.5) is 0 Å². The topological polar surface area (TPSA) is 35.6 Å². The summed E-state index contributed by atoms with van der Waals surface area (Å²) >= 11 is 0. The van der Waals surface area contributed by atoms with E-state index < -0.39 is 0 Å². The Morgan fingerprint density at radius 3 is 1.52 bits per heavy atom. The molecule has 0 amide bonds. The van der Waals surface area contributed by atoms with Gasteiger partial charge in [-0.3, -0.25) is 4.57 Å². The van der Waals surface area contributed by atoms with Gasteiger partial charge < -0.3 is 4.57 Å². The van der Waals surface area contributed by atoms with Crippen LogP contribution in [0.3, 0.4) is 0 Å². The maximum absolute atomic E-state index is 5.42. The minimum atomic E-state index is 0.652. The van der Waals surface area contributed by atoms with Crippen molar-refractivity contribution in [1.29, 1.82) is 0 Å². The molecule has 0 saturated heterocycles. The second-order valence-corrected chi connectivity index (χ2v) is 12.2. The second-order valence-electron chi connectivity index (χ2n) is 12.2. The summed E-state index contributed by atoms with van der Waals surface area (Å²) in [5, 5.41) is 5.78. The van der Waals surface area contributed by atoms with Gasteiger partial charge in [-0.25, -0.2) is 9.97 Å². The smallest absolute Gasteiger partial charge is 0.235 e. The Labute approximate surface area is 276 Å². The quantitative estimate of drug-likeness (QED) is 0.198. The molecule has 0 spiro atoms. The van der Waals surface area contributed by atoms with Crippen molar-refractivity contribution in [1.82, 2.24) is 19.1 Å². The monoisotopic (exact) mass is 612 g/mol. The van der Waals surface area contributed by atoms with Crippen LogP contribution in [-0.2, 0) is 0 Å². The minimum Gasteiger partial charge on any atom is -0.307 e. The molecule has 0 fully saturated rings. The first-order chi connectivity index (χ1) is 23.8. The molecule has 3 aromatic heterocycles. The molecule has 0 radical (unpaired) electrons. The Morgan fingerprint density at radius 1 is 0.333 bits per heavy atom. The lowest BCUT2D eigenvalue weighted by molar-refractivity contribution is 1.01. The van der Waals surface area contributed by atoms with Crippen molar-refractivity contribution in [3.05, 3.63) is 170 Å². The van der Waals surface area contributed by atoms with Gasteiger partial charge in [0.2, 0.25) is 5.95 Å². The van der Waals surface area contributed by atoms with Gasteiger partial charge in [-0.15, -0.1) is 0 Å². The predicted molar refractivity (Wildman–Crippen MR) is 199 cm³/mol. The van der Waals surface area contributed by atoms with E-state index >= 15 is 0 Å². The summed E-state index contributed by atoms with van der Waals surface area (Å²) in [7, 11) is 0. The van der Waals surface area contributed by atoms with Crippen molar-refractivity contribution < 1.29 is 0 Å². The Kier molecular flexibility index (Phi) is 5.84. The molecule has 0 bridgehead atoms. The van der Waals surface area contributed by atoms with Crippen LogP contribution in [0.15, 0.2) is 170 Å². The van der Waals surface area contributed by atoms with Crippen LogP contribution in [0.5, 0.6) is 0 Å². The number of aromatic nitrogens is 4. The average molecular weight is 613 g/mol. The summed E-state index contributed by atoms with van der Waals surface area (Å²) in [5.41, 5.74) is 10.8. The van der Waals surface area contributed by atoms with Crippen molar-refractivity contribution in [3.63, 3.8) is 0 Å². The zero-order valence-corrected chi connectivity index (χ0v) is 26.0. The van der Waals surface area contributed by atoms with Gasteiger partial charge in [0.15, 0.2) is 0 Å². The largest absolute Gasteiger partial charge is 0.307 e. The van der Waals surface area contributed by atoms with Gasteiger partial charge >= 0.3 is 0 Å². The molecule has 0 aliphatic carbocycles. The first-order valence-electron chi connectivity index (χ1n) is 16.3. The van der Waals surface area contributed by atoms with E-state index in [9.17, 15) is 0 Å². The summed E-state index contributed by atoms with van der Waals surface area (Å²) in [6.45, 7) is 0. The molecule has 224 valence electrons. The fraction of sp³-hybridized carbons (Fsp3) is 0. The van der Waals surface area contributed by atoms with Gasteiger partial charge in [-0.05, 0) is 41.5 Å². The average Bonchev–Trinajstić information content (AvgIpc) is 3.68. The van der Waals surface area contributed by atoms with E-state index in [0.717, 1.165) is 44.4 Å². The van der Waals surface area contributed by atoms with Crippen molar-refractivity contribution in [2.75, 3.05) is 0 Å². The van der Waals surface area contributed by atoms with Gasteiger partial charge in [0.05, 0.1) is 33.3 Å². The van der Waals surface area contributed by atoms with Crippen molar-refractivity contribution >= 4 is 54.5 Å². The first kappa shape index (κ1) is 26.7. The van der Waals surface area contributed by atoms with Crippen LogP contribution in [0.1, 0.15) is 0 Å². The highest BCUT2D eigenvalue weighted by Crippen LogP contribution is 2.41. The number of nitrogens with zero attached hydrogens (tertiary/aromatic N) is 4. The third kappa shape index (κ3) is 3.96. The molecule has 0 unspecified atom stereocenters. The summed E-state index contributed by atoms with van der Waals surface area (Å²) < 4.78 is 4.67. The van der Waals surface area contributed by atoms with E-state index in [0.29, 0.717) is 5.95 Å². The number of benzene rings is 7. The van der Waals surface area contributed by atoms with Crippen LogP contribution in [-0.4, -0.2) is 19.1 Å². The molecule has 7 aromatic carbocycles. The van der Waals surface area contributed by atoms with Crippen molar-refractivity contribution in [2.45, 2.75) is 0 Å². The van der Waals surface area contributed by atoms with Gasteiger partial charge in [0.1, 0.15) is 0 Å². The van der Waals surface area contributed by atoms with E-state index in [1.54, 1.807) is 0 Å². The van der Waals surface area contributed by atoms with Crippen LogP contribution >= 0.6 is 0 Å². The summed E-state index contributed by atoms with van der Waals surface area (Å²) in [6, 6.07) is 60.0. The molecule has 48 heavy (non-hydrogen) atoms. The van der Waals surface area contributed by atoms with Crippen molar-refractivity contribution in [2.24, 2.45) is 0 Å². The Bertz CT molecular complexity index is 2810. The highest BCUT2D eigenvalue weighted by molar-refractivity contribution is 6.23. The van der Waals surface area contributed by atoms with E-state index in [1.807, 2.05) is 6.07 Å². The molecular formula is C44H28N4. The Balaban J connectivity index is 1.32. The van der Waals surface area contributed by atoms with Gasteiger partial charge in [0, 0.05) is 38.2 Å². The summed E-state index contributed by atoms with van der Waals surface area (Å²) in [6.07, 6.45) is 0. The standard InChI is InChI=1S/C44H28N4/c1-3-13-29(14-4-1)30-23-25-31(26-24-30)41-37-19-7-10-20-38(37)45-44(46-41)48-40-22-12-9-18-34(40)36-28-27-35-33-17-8-11-21-39(33)47(42(35)43(36)48)32-15-5-2-6-16-32/h1-28H. The molecule has 4 nitrogen and oxygen atoms in total. The summed E-state index contributed by atoms with van der Waals surface area (Å²) in [5.74, 6) is 0.652. The SMILES string of the molecule is c1ccc(-c2ccc(-c3nc(-n4c5ccccc5c5ccc6c7ccccc7n(-c7ccccc7)c6c54)nc4ccccc34)cc2)cc1. The third-order valence-corrected chi connectivity index (χ3v) is 9.54. The molecule has 10 aromatic rings. The van der Waals surface area contributed by atoms with Crippen molar-refractivity contribution in [3.8, 4) is 34.0 Å². The van der Waals surface area contributed by atoms with E-state index in [1.165, 1.54) is 38.2 Å². The number of hydrogen-bond donors (Lipinski definition) is 0. The van der Waals surface area contributed by atoms with Gasteiger partial charge in [-0.1, -0.05) is 140 Å². The fourth-order valence-electron chi connectivity index (χ4n) is 7.39. The van der Waals surface area contributed by atoms with E-state index in [-0.39, 0.29) is 0 Å². The highest BCUT2D eigenvalue weighted by Gasteiger charge is 2.23. The number of para-hydroxylation sites is 4. The molecule has 0 aliphatic rings. The predicted octanol–water partition coefficient (Wildman–Crippen LogP) is 11.2. The number of rotatable bonds is 4. The zero-order chi connectivity index (χ0) is 31.6. The normalized spacial score (nSPS) is 11.8. The molecule has 4 heteroatoms. The fourth-order valence-corrected chi connectivity index (χ4v) is 7.39. The van der Waals surface area contributed by atoms with Gasteiger partial charge in [-0.2, -0.15) is 0 Å². The minimum absolute atomic E-state index is 0.652. The Morgan fingerprint density at radius 2 is 0.833 bits per heavy atom. The van der Waals surface area contributed by atoms with Crippen LogP contribution < -0.4 is 0 Å². The van der Waals surface area contributed by atoms with Gasteiger partial charge in [0.25, 0.3) is 0 Å². The van der Waals surface area contributed by atoms with E-state index in [2.05, 4.69) is 173 Å². The van der Waals surface area contributed by atoms with E-state index in [4.69, 9.17) is 9.97 Å². The third-order valence-electron chi connectivity index (χ3n) is 9.54. The lowest BCUT2D eigenvalue weighted by Gasteiger charge is -2.14. The first-order valence-corrected chi connectivity index (χ1v) is 16.3. The molecule has 3 heterocycles. The molecule has 0 atom stereocenters. The van der Waals surface area contributed by atoms with Crippen LogP contribution in [0.25, 0.3) is 88.5 Å². The lowest BCUT2D eigenvalue weighted by Crippen LogP contribution is -2.04. The zero-order valence-electron chi connectivity index (χ0n) is 26.0. The second kappa shape index (κ2) is 10.5. The lowest BCUT2D eigenvalue weighted by atomic mass is 10.0. The molecular weight excluding hydrogens is 585 g/mol. The summed E-state index contributed by atoms with van der Waals surface area (Å²) in [4.78, 5) is 10.7. The Hall–Kier alpha value is -6.52. The molecule has 0 aliphatic heterocycles. The molecule has 10 rings (SSSR count). The maximum Gasteiger partial charge on any atom is 0.235 e. The van der Waals surface area contributed by atoms with Crippen LogP contribution in [0.2, 0.25) is 0 Å². The molecule has 0 N–H and O–H groups in total. The maximum atomic E-state index is 5.42. The highest BCUT2D eigenvalue weighted by atomic mass is 15.2. The molecule has 0 saturated carbocycles. The van der Waals surface area contributed by atoms with Crippen LogP contribution in [0, 0.1) is 0 Å².